The molecule has 2 aromatic rings. The fourth-order valence-electron chi connectivity index (χ4n) is 3.93. The van der Waals surface area contributed by atoms with Crippen molar-refractivity contribution in [1.29, 1.82) is 0 Å². The number of aromatic nitrogens is 1. The first kappa shape index (κ1) is 21.7. The third-order valence-corrected chi connectivity index (χ3v) is 5.61. The number of esters is 1. The number of amides is 3. The number of aryl methyl sites for hydroxylation is 1. The summed E-state index contributed by atoms with van der Waals surface area (Å²) in [6, 6.07) is 6.87. The lowest BCUT2D eigenvalue weighted by Crippen LogP contribution is -2.41. The number of imide groups is 1. The maximum atomic E-state index is 13.1. The van der Waals surface area contributed by atoms with Gasteiger partial charge < -0.3 is 10.1 Å². The summed E-state index contributed by atoms with van der Waals surface area (Å²) in [6.45, 7) is 8.24. The smallest absolute Gasteiger partial charge is 0.339 e. The standard InChI is InChI=1S/C23H29N3O4/c1-5-24-22(29)26-19(27)13-30-21(28)20-15-8-6-7-9-17(15)25-18-11-10-14(12-16(18)20)23(2,3)4/h6-9,14H,5,10-13H2,1-4H3,(H2,24,26,27,29)/t14-/m1/s1. The first-order valence-corrected chi connectivity index (χ1v) is 10.4. The van der Waals surface area contributed by atoms with Crippen molar-refractivity contribution in [2.24, 2.45) is 11.3 Å². The molecule has 2 N–H and O–H groups in total. The van der Waals surface area contributed by atoms with Crippen LogP contribution in [0, 0.1) is 11.3 Å². The molecule has 0 saturated heterocycles. The zero-order valence-corrected chi connectivity index (χ0v) is 18.0. The Morgan fingerprint density at radius 2 is 1.93 bits per heavy atom. The number of urea groups is 1. The summed E-state index contributed by atoms with van der Waals surface area (Å²) in [4.78, 5) is 41.3. The van der Waals surface area contributed by atoms with Crippen molar-refractivity contribution in [1.82, 2.24) is 15.6 Å². The van der Waals surface area contributed by atoms with Crippen LogP contribution in [0.2, 0.25) is 0 Å². The van der Waals surface area contributed by atoms with Gasteiger partial charge >= 0.3 is 12.0 Å². The molecule has 0 spiro atoms. The number of rotatable bonds is 4. The van der Waals surface area contributed by atoms with E-state index in [-0.39, 0.29) is 5.41 Å². The molecule has 0 bridgehead atoms. The minimum atomic E-state index is -0.672. The van der Waals surface area contributed by atoms with E-state index in [2.05, 4.69) is 31.4 Å². The second-order valence-corrected chi connectivity index (χ2v) is 8.72. The van der Waals surface area contributed by atoms with Gasteiger partial charge in [0.15, 0.2) is 6.61 Å². The van der Waals surface area contributed by atoms with Gasteiger partial charge in [-0.1, -0.05) is 39.0 Å². The van der Waals surface area contributed by atoms with Crippen molar-refractivity contribution in [3.05, 3.63) is 41.1 Å². The first-order valence-electron chi connectivity index (χ1n) is 10.4. The Hall–Kier alpha value is -2.96. The number of para-hydroxylation sites is 1. The van der Waals surface area contributed by atoms with E-state index >= 15 is 0 Å². The van der Waals surface area contributed by atoms with Gasteiger partial charge in [0.25, 0.3) is 5.91 Å². The van der Waals surface area contributed by atoms with Crippen LogP contribution in [0.5, 0.6) is 0 Å². The van der Waals surface area contributed by atoms with Crippen molar-refractivity contribution in [3.8, 4) is 0 Å². The second kappa shape index (κ2) is 8.81. The molecular formula is C23H29N3O4. The quantitative estimate of drug-likeness (QED) is 0.752. The van der Waals surface area contributed by atoms with Crippen LogP contribution < -0.4 is 10.6 Å². The van der Waals surface area contributed by atoms with Gasteiger partial charge in [-0.3, -0.25) is 15.1 Å². The molecule has 0 unspecified atom stereocenters. The topological polar surface area (TPSA) is 97.4 Å². The third kappa shape index (κ3) is 4.78. The highest BCUT2D eigenvalue weighted by Gasteiger charge is 2.33. The molecule has 0 saturated carbocycles. The maximum absolute atomic E-state index is 13.1. The van der Waals surface area contributed by atoms with Crippen molar-refractivity contribution in [2.45, 2.75) is 47.0 Å². The summed E-state index contributed by atoms with van der Waals surface area (Å²) < 4.78 is 5.31. The SMILES string of the molecule is CCNC(=O)NC(=O)COC(=O)c1c2c(nc3ccccc13)CC[C@@H](C(C)(C)C)C2. The fraction of sp³-hybridized carbons (Fsp3) is 0.478. The normalized spacial score (nSPS) is 15.9. The number of pyridine rings is 1. The molecule has 7 heteroatoms. The molecule has 7 nitrogen and oxygen atoms in total. The summed E-state index contributed by atoms with van der Waals surface area (Å²) in [5.74, 6) is -0.819. The predicted molar refractivity (Wildman–Crippen MR) is 114 cm³/mol. The molecule has 1 atom stereocenters. The third-order valence-electron chi connectivity index (χ3n) is 5.61. The zero-order chi connectivity index (χ0) is 21.9. The predicted octanol–water partition coefficient (Wildman–Crippen LogP) is 3.39. The van der Waals surface area contributed by atoms with Gasteiger partial charge in [0.05, 0.1) is 11.1 Å². The number of carbonyl (C=O) groups is 3. The number of fused-ring (bicyclic) bond motifs is 2. The average molecular weight is 412 g/mol. The second-order valence-electron chi connectivity index (χ2n) is 8.72. The first-order chi connectivity index (χ1) is 14.2. The lowest BCUT2D eigenvalue weighted by atomic mass is 9.70. The van der Waals surface area contributed by atoms with Gasteiger partial charge in [-0.15, -0.1) is 0 Å². The number of hydrogen-bond acceptors (Lipinski definition) is 5. The van der Waals surface area contributed by atoms with Crippen molar-refractivity contribution >= 4 is 28.8 Å². The van der Waals surface area contributed by atoms with Crippen molar-refractivity contribution in [2.75, 3.05) is 13.2 Å². The summed E-state index contributed by atoms with van der Waals surface area (Å²) in [7, 11) is 0. The van der Waals surface area contributed by atoms with E-state index in [0.29, 0.717) is 18.0 Å². The Kier molecular flexibility index (Phi) is 6.39. The Balaban J connectivity index is 1.89. The molecule has 1 aliphatic carbocycles. The summed E-state index contributed by atoms with van der Waals surface area (Å²) in [5, 5.41) is 5.32. The van der Waals surface area contributed by atoms with Crippen LogP contribution >= 0.6 is 0 Å². The molecule has 1 aromatic carbocycles. The van der Waals surface area contributed by atoms with Gasteiger partial charge in [-0.25, -0.2) is 9.59 Å². The van der Waals surface area contributed by atoms with Crippen molar-refractivity contribution in [3.63, 3.8) is 0 Å². The molecule has 1 aromatic heterocycles. The summed E-state index contributed by atoms with van der Waals surface area (Å²) in [6.07, 6.45) is 2.57. The average Bonchev–Trinajstić information content (AvgIpc) is 2.69. The van der Waals surface area contributed by atoms with Gasteiger partial charge in [0, 0.05) is 17.6 Å². The summed E-state index contributed by atoms with van der Waals surface area (Å²) in [5.41, 5.74) is 3.17. The molecule has 3 rings (SSSR count). The van der Waals surface area contributed by atoms with Gasteiger partial charge in [0.2, 0.25) is 0 Å². The molecule has 0 radical (unpaired) electrons. The van der Waals surface area contributed by atoms with E-state index in [1.807, 2.05) is 24.3 Å². The van der Waals surface area contributed by atoms with E-state index < -0.39 is 24.5 Å². The number of nitrogens with zero attached hydrogens (tertiary/aromatic N) is 1. The highest BCUT2D eigenvalue weighted by Crippen LogP contribution is 2.39. The van der Waals surface area contributed by atoms with E-state index in [1.54, 1.807) is 6.92 Å². The molecule has 1 heterocycles. The molecular weight excluding hydrogens is 382 g/mol. The zero-order valence-electron chi connectivity index (χ0n) is 18.0. The minimum absolute atomic E-state index is 0.108. The van der Waals surface area contributed by atoms with E-state index in [0.717, 1.165) is 41.4 Å². The Labute approximate surface area is 176 Å². The lowest BCUT2D eigenvalue weighted by molar-refractivity contribution is -0.123. The molecule has 3 amide bonds. The number of hydrogen-bond donors (Lipinski definition) is 2. The van der Waals surface area contributed by atoms with Crippen LogP contribution in [0.25, 0.3) is 10.9 Å². The maximum Gasteiger partial charge on any atom is 0.339 e. The van der Waals surface area contributed by atoms with E-state index in [9.17, 15) is 14.4 Å². The number of carbonyl (C=O) groups excluding carboxylic acids is 3. The molecule has 160 valence electrons. The van der Waals surface area contributed by atoms with Crippen LogP contribution in [0.15, 0.2) is 24.3 Å². The van der Waals surface area contributed by atoms with Gasteiger partial charge in [0.1, 0.15) is 0 Å². The summed E-state index contributed by atoms with van der Waals surface area (Å²) >= 11 is 0. The number of benzene rings is 1. The minimum Gasteiger partial charge on any atom is -0.452 e. The van der Waals surface area contributed by atoms with Gasteiger partial charge in [-0.2, -0.15) is 0 Å². The van der Waals surface area contributed by atoms with E-state index in [1.165, 1.54) is 0 Å². The monoisotopic (exact) mass is 411 g/mol. The highest BCUT2D eigenvalue weighted by atomic mass is 16.5. The highest BCUT2D eigenvalue weighted by molar-refractivity contribution is 6.06. The molecule has 0 fully saturated rings. The van der Waals surface area contributed by atoms with Crippen molar-refractivity contribution < 1.29 is 19.1 Å². The Morgan fingerprint density at radius 1 is 1.20 bits per heavy atom. The molecule has 30 heavy (non-hydrogen) atoms. The molecule has 0 aliphatic heterocycles. The number of ether oxygens (including phenoxy) is 1. The van der Waals surface area contributed by atoms with Crippen LogP contribution in [-0.4, -0.2) is 36.0 Å². The van der Waals surface area contributed by atoms with Gasteiger partial charge in [-0.05, 0) is 49.1 Å². The lowest BCUT2D eigenvalue weighted by Gasteiger charge is -2.35. The largest absolute Gasteiger partial charge is 0.452 e. The van der Waals surface area contributed by atoms with Crippen LogP contribution in [0.1, 0.15) is 55.7 Å². The Bertz CT molecular complexity index is 978. The van der Waals surface area contributed by atoms with Crippen LogP contribution in [0.3, 0.4) is 0 Å². The Morgan fingerprint density at radius 3 is 2.63 bits per heavy atom. The van der Waals surface area contributed by atoms with Crippen LogP contribution in [-0.2, 0) is 22.4 Å². The fourth-order valence-corrected chi connectivity index (χ4v) is 3.93. The van der Waals surface area contributed by atoms with E-state index in [4.69, 9.17) is 9.72 Å². The molecule has 1 aliphatic rings. The van der Waals surface area contributed by atoms with Crippen LogP contribution in [0.4, 0.5) is 4.79 Å². The number of nitrogens with one attached hydrogen (secondary N) is 2.